The standard InChI is InChI=1S/C18H16N4O3S/c1-23-14-7-6-12(9-15(14)24-2)17-20-16(25-21-17)11-26-18-19-10-13-5-3-4-8-22(13)18/h3-10H,11H2,1-2H3. The molecule has 0 N–H and O–H groups in total. The van der Waals surface area contributed by atoms with Crippen LogP contribution in [0.2, 0.25) is 0 Å². The molecule has 0 saturated carbocycles. The molecule has 3 aromatic heterocycles. The molecule has 1 aromatic carbocycles. The van der Waals surface area contributed by atoms with Crippen molar-refractivity contribution in [3.8, 4) is 22.9 Å². The SMILES string of the molecule is COc1ccc(-c2noc(CSc3ncc4ccccn34)n2)cc1OC. The summed E-state index contributed by atoms with van der Waals surface area (Å²) in [5.41, 5.74) is 1.85. The van der Waals surface area contributed by atoms with Crippen LogP contribution >= 0.6 is 11.8 Å². The number of rotatable bonds is 6. The first-order valence-corrected chi connectivity index (χ1v) is 8.87. The van der Waals surface area contributed by atoms with Gasteiger partial charge in [0.25, 0.3) is 0 Å². The monoisotopic (exact) mass is 368 g/mol. The molecule has 4 aromatic rings. The summed E-state index contributed by atoms with van der Waals surface area (Å²) in [6.07, 6.45) is 3.82. The van der Waals surface area contributed by atoms with E-state index in [1.807, 2.05) is 53.2 Å². The van der Waals surface area contributed by atoms with Crippen molar-refractivity contribution in [2.45, 2.75) is 10.9 Å². The van der Waals surface area contributed by atoms with Gasteiger partial charge in [-0.1, -0.05) is 23.0 Å². The highest BCUT2D eigenvalue weighted by Gasteiger charge is 2.13. The minimum atomic E-state index is 0.509. The molecule has 0 radical (unpaired) electrons. The topological polar surface area (TPSA) is 74.7 Å². The number of hydrogen-bond acceptors (Lipinski definition) is 7. The largest absolute Gasteiger partial charge is 0.493 e. The van der Waals surface area contributed by atoms with Crippen LogP contribution in [0.5, 0.6) is 11.5 Å². The smallest absolute Gasteiger partial charge is 0.237 e. The number of benzene rings is 1. The zero-order valence-corrected chi connectivity index (χ0v) is 15.1. The lowest BCUT2D eigenvalue weighted by molar-refractivity contribution is 0.355. The number of hydrogen-bond donors (Lipinski definition) is 0. The predicted octanol–water partition coefficient (Wildman–Crippen LogP) is 3.69. The van der Waals surface area contributed by atoms with Crippen LogP contribution in [0.15, 0.2) is 58.5 Å². The first-order chi connectivity index (χ1) is 12.8. The van der Waals surface area contributed by atoms with Gasteiger partial charge in [-0.2, -0.15) is 4.98 Å². The van der Waals surface area contributed by atoms with Crippen LogP contribution in [0.3, 0.4) is 0 Å². The molecule has 7 nitrogen and oxygen atoms in total. The maximum Gasteiger partial charge on any atom is 0.237 e. The van der Waals surface area contributed by atoms with Gasteiger partial charge in [0.1, 0.15) is 0 Å². The van der Waals surface area contributed by atoms with Gasteiger partial charge in [0.2, 0.25) is 11.7 Å². The van der Waals surface area contributed by atoms with Crippen LogP contribution < -0.4 is 9.47 Å². The maximum absolute atomic E-state index is 5.37. The van der Waals surface area contributed by atoms with Crippen LogP contribution in [0.1, 0.15) is 5.89 Å². The molecule has 0 unspecified atom stereocenters. The van der Waals surface area contributed by atoms with Gasteiger partial charge in [0, 0.05) is 11.8 Å². The Labute approximate surface area is 154 Å². The highest BCUT2D eigenvalue weighted by Crippen LogP contribution is 2.31. The Kier molecular flexibility index (Phi) is 4.49. The molecule has 0 bridgehead atoms. The van der Waals surface area contributed by atoms with Gasteiger partial charge in [-0.3, -0.25) is 4.40 Å². The fraction of sp³-hybridized carbons (Fsp3) is 0.167. The summed E-state index contributed by atoms with van der Waals surface area (Å²) in [4.78, 5) is 8.88. The van der Waals surface area contributed by atoms with Crippen LogP contribution in [-0.4, -0.2) is 33.7 Å². The summed E-state index contributed by atoms with van der Waals surface area (Å²) < 4.78 is 18.0. The van der Waals surface area contributed by atoms with E-state index in [0.29, 0.717) is 29.0 Å². The number of thioether (sulfide) groups is 1. The molecule has 0 fully saturated rings. The summed E-state index contributed by atoms with van der Waals surface area (Å²) in [6, 6.07) is 11.5. The minimum Gasteiger partial charge on any atom is -0.493 e. The summed E-state index contributed by atoms with van der Waals surface area (Å²) in [5.74, 6) is 2.85. The Morgan fingerprint density at radius 1 is 1.12 bits per heavy atom. The van der Waals surface area contributed by atoms with E-state index in [9.17, 15) is 0 Å². The third kappa shape index (κ3) is 3.11. The second-order valence-corrected chi connectivity index (χ2v) is 6.35. The summed E-state index contributed by atoms with van der Waals surface area (Å²) in [7, 11) is 3.19. The summed E-state index contributed by atoms with van der Waals surface area (Å²) in [6.45, 7) is 0. The van der Waals surface area contributed by atoms with E-state index < -0.39 is 0 Å². The lowest BCUT2D eigenvalue weighted by atomic mass is 10.2. The third-order valence-electron chi connectivity index (χ3n) is 3.84. The average Bonchev–Trinajstić information content (AvgIpc) is 3.33. The second-order valence-electron chi connectivity index (χ2n) is 5.41. The van der Waals surface area contributed by atoms with Gasteiger partial charge in [-0.25, -0.2) is 4.98 Å². The van der Waals surface area contributed by atoms with Crippen LogP contribution in [0.4, 0.5) is 0 Å². The molecule has 132 valence electrons. The Balaban J connectivity index is 1.51. The van der Waals surface area contributed by atoms with E-state index in [1.165, 1.54) is 0 Å². The summed E-state index contributed by atoms with van der Waals surface area (Å²) in [5, 5.41) is 4.94. The maximum atomic E-state index is 5.37. The molecule has 0 atom stereocenters. The van der Waals surface area contributed by atoms with Crippen molar-refractivity contribution < 1.29 is 14.0 Å². The third-order valence-corrected chi connectivity index (χ3v) is 4.79. The fourth-order valence-corrected chi connectivity index (χ4v) is 3.36. The molecule has 0 amide bonds. The molecule has 26 heavy (non-hydrogen) atoms. The second kappa shape index (κ2) is 7.09. The zero-order valence-electron chi connectivity index (χ0n) is 14.2. The average molecular weight is 368 g/mol. The number of ether oxygens (including phenoxy) is 2. The molecular weight excluding hydrogens is 352 g/mol. The van der Waals surface area contributed by atoms with Gasteiger partial charge in [0.05, 0.1) is 31.7 Å². The van der Waals surface area contributed by atoms with E-state index in [0.717, 1.165) is 16.2 Å². The summed E-state index contributed by atoms with van der Waals surface area (Å²) >= 11 is 1.54. The van der Waals surface area contributed by atoms with Crippen molar-refractivity contribution in [1.82, 2.24) is 19.5 Å². The molecule has 0 aliphatic carbocycles. The van der Waals surface area contributed by atoms with Crippen molar-refractivity contribution in [2.75, 3.05) is 14.2 Å². The number of aromatic nitrogens is 4. The molecule has 0 saturated heterocycles. The first-order valence-electron chi connectivity index (χ1n) is 7.88. The zero-order chi connectivity index (χ0) is 17.9. The first kappa shape index (κ1) is 16.5. The number of fused-ring (bicyclic) bond motifs is 1. The van der Waals surface area contributed by atoms with Crippen molar-refractivity contribution >= 4 is 17.3 Å². The van der Waals surface area contributed by atoms with Crippen LogP contribution in [0.25, 0.3) is 16.9 Å². The van der Waals surface area contributed by atoms with Gasteiger partial charge >= 0.3 is 0 Å². The van der Waals surface area contributed by atoms with Gasteiger partial charge < -0.3 is 14.0 Å². The van der Waals surface area contributed by atoms with E-state index in [1.54, 1.807) is 26.0 Å². The quantitative estimate of drug-likeness (QED) is 0.480. The Morgan fingerprint density at radius 2 is 2.00 bits per heavy atom. The molecule has 0 aliphatic heterocycles. The number of imidazole rings is 1. The molecule has 8 heteroatoms. The van der Waals surface area contributed by atoms with Gasteiger partial charge in [-0.15, -0.1) is 0 Å². The van der Waals surface area contributed by atoms with Crippen LogP contribution in [-0.2, 0) is 5.75 Å². The normalized spacial score (nSPS) is 11.0. The Morgan fingerprint density at radius 3 is 2.85 bits per heavy atom. The molecule has 3 heterocycles. The Hall–Kier alpha value is -3.00. The van der Waals surface area contributed by atoms with Crippen molar-refractivity contribution in [3.05, 3.63) is 54.7 Å². The van der Waals surface area contributed by atoms with E-state index in [-0.39, 0.29) is 0 Å². The molecule has 0 aliphatic rings. The Bertz CT molecular complexity index is 1040. The number of pyridine rings is 1. The predicted molar refractivity (Wildman–Crippen MR) is 97.6 cm³/mol. The van der Waals surface area contributed by atoms with E-state index in [2.05, 4.69) is 15.1 Å². The molecule has 4 rings (SSSR count). The van der Waals surface area contributed by atoms with Gasteiger partial charge in [-0.05, 0) is 30.3 Å². The van der Waals surface area contributed by atoms with E-state index >= 15 is 0 Å². The van der Waals surface area contributed by atoms with Gasteiger partial charge in [0.15, 0.2) is 16.7 Å². The van der Waals surface area contributed by atoms with Crippen molar-refractivity contribution in [3.63, 3.8) is 0 Å². The molecular formula is C18H16N4O3S. The highest BCUT2D eigenvalue weighted by atomic mass is 32.2. The van der Waals surface area contributed by atoms with Crippen molar-refractivity contribution in [2.24, 2.45) is 0 Å². The lowest BCUT2D eigenvalue weighted by Gasteiger charge is -2.07. The number of nitrogens with zero attached hydrogens (tertiary/aromatic N) is 4. The van der Waals surface area contributed by atoms with Crippen molar-refractivity contribution in [1.29, 1.82) is 0 Å². The minimum absolute atomic E-state index is 0.509. The van der Waals surface area contributed by atoms with E-state index in [4.69, 9.17) is 14.0 Å². The lowest BCUT2D eigenvalue weighted by Crippen LogP contribution is -1.91. The molecule has 0 spiro atoms. The highest BCUT2D eigenvalue weighted by molar-refractivity contribution is 7.98. The van der Waals surface area contributed by atoms with Crippen LogP contribution in [0, 0.1) is 0 Å². The number of methoxy groups -OCH3 is 2. The fourth-order valence-electron chi connectivity index (χ4n) is 2.56.